The van der Waals surface area contributed by atoms with Crippen LogP contribution in [0.1, 0.15) is 66.1 Å². The third-order valence-electron chi connectivity index (χ3n) is 4.57. The third-order valence-corrected chi connectivity index (χ3v) is 4.57. The van der Waals surface area contributed by atoms with Crippen molar-refractivity contribution in [2.45, 2.75) is 72.1 Å². The van der Waals surface area contributed by atoms with Crippen LogP contribution in [-0.2, 0) is 4.74 Å². The predicted molar refractivity (Wildman–Crippen MR) is 108 cm³/mol. The lowest BCUT2D eigenvalue weighted by Crippen LogP contribution is -2.46. The molecule has 0 aromatic carbocycles. The van der Waals surface area contributed by atoms with Gasteiger partial charge in [-0.25, -0.2) is 9.48 Å². The maximum absolute atomic E-state index is 11.8. The van der Waals surface area contributed by atoms with Crippen molar-refractivity contribution in [3.05, 3.63) is 29.6 Å². The van der Waals surface area contributed by atoms with Gasteiger partial charge in [0, 0.05) is 6.04 Å². The molecule has 0 aliphatic heterocycles. The Balaban J connectivity index is 1.93. The summed E-state index contributed by atoms with van der Waals surface area (Å²) in [7, 11) is 0. The van der Waals surface area contributed by atoms with Gasteiger partial charge in [-0.2, -0.15) is 0 Å². The third kappa shape index (κ3) is 6.05. The molecule has 0 radical (unpaired) electrons. The van der Waals surface area contributed by atoms with E-state index in [1.165, 1.54) is 5.57 Å². The normalized spacial score (nSPS) is 21.0. The van der Waals surface area contributed by atoms with Crippen molar-refractivity contribution < 1.29 is 9.53 Å². The van der Waals surface area contributed by atoms with Crippen LogP contribution >= 0.6 is 0 Å². The van der Waals surface area contributed by atoms with Crippen LogP contribution in [-0.4, -0.2) is 39.4 Å². The van der Waals surface area contributed by atoms with Crippen molar-refractivity contribution in [2.24, 2.45) is 10.9 Å². The molecule has 0 spiro atoms. The van der Waals surface area contributed by atoms with Crippen molar-refractivity contribution in [2.75, 3.05) is 0 Å². The van der Waals surface area contributed by atoms with E-state index in [2.05, 4.69) is 48.1 Å². The van der Waals surface area contributed by atoms with Gasteiger partial charge in [0.2, 0.25) is 0 Å². The summed E-state index contributed by atoms with van der Waals surface area (Å²) in [4.78, 5) is 15.9. The van der Waals surface area contributed by atoms with E-state index in [0.29, 0.717) is 17.3 Å². The molecule has 1 aliphatic carbocycles. The molecule has 1 aromatic heterocycles. The summed E-state index contributed by atoms with van der Waals surface area (Å²) >= 11 is 0. The van der Waals surface area contributed by atoms with Crippen LogP contribution in [0.25, 0.3) is 5.70 Å². The fourth-order valence-corrected chi connectivity index (χ4v) is 2.59. The number of allylic oxidation sites excluding steroid dienone is 3. The number of aliphatic imine (C=N–C) groups is 1. The highest BCUT2D eigenvalue weighted by Gasteiger charge is 2.33. The zero-order valence-electron chi connectivity index (χ0n) is 17.2. The van der Waals surface area contributed by atoms with Crippen LogP contribution < -0.4 is 5.32 Å². The highest BCUT2D eigenvalue weighted by molar-refractivity contribution is 5.68. The highest BCUT2D eigenvalue weighted by atomic mass is 16.6. The lowest BCUT2D eigenvalue weighted by Gasteiger charge is -2.35. The van der Waals surface area contributed by atoms with Crippen molar-refractivity contribution in [3.8, 4) is 0 Å². The number of alkyl carbamates (subject to hydrolysis) is 1. The zero-order valence-corrected chi connectivity index (χ0v) is 17.2. The second kappa shape index (κ2) is 8.50. The Morgan fingerprint density at radius 3 is 2.63 bits per heavy atom. The molecule has 1 aromatic rings. The number of rotatable bonds is 6. The predicted octanol–water partition coefficient (Wildman–Crippen LogP) is 4.15. The summed E-state index contributed by atoms with van der Waals surface area (Å²) in [6, 6.07) is 0.312. The summed E-state index contributed by atoms with van der Waals surface area (Å²) in [6.45, 7) is 15.6. The molecule has 1 N–H and O–H groups in total. The van der Waals surface area contributed by atoms with E-state index in [-0.39, 0.29) is 18.2 Å². The Kier molecular flexibility index (Phi) is 6.57. The fraction of sp³-hybridized carbons (Fsp3) is 0.600. The molecule has 1 saturated carbocycles. The summed E-state index contributed by atoms with van der Waals surface area (Å²) in [6.07, 6.45) is 7.07. The fourth-order valence-electron chi connectivity index (χ4n) is 2.59. The number of carbonyl (C=O) groups excluding carboxylic acids is 1. The first-order valence-corrected chi connectivity index (χ1v) is 9.36. The topological polar surface area (TPSA) is 81.4 Å². The van der Waals surface area contributed by atoms with Gasteiger partial charge >= 0.3 is 6.09 Å². The minimum absolute atomic E-state index is 0.0988. The van der Waals surface area contributed by atoms with Crippen LogP contribution in [0.3, 0.4) is 0 Å². The molecule has 0 unspecified atom stereocenters. The molecule has 1 fully saturated rings. The molecule has 0 bridgehead atoms. The van der Waals surface area contributed by atoms with Gasteiger partial charge in [-0.15, -0.1) is 5.10 Å². The second-order valence-corrected chi connectivity index (χ2v) is 8.33. The lowest BCUT2D eigenvalue weighted by atomic mass is 9.87. The number of nitrogens with one attached hydrogen (secondary N) is 1. The standard InChI is InChI=1S/C20H31N5O2/c1-13(2)14(3)8-9-17(21-7)18-12-25(24-23-18)16-10-15(11-16)22-19(26)27-20(4,5)6/h8-9,12-13,15-16H,7,10-11H2,1-6H3,(H,22,26)/b14-8+,17-9-/t15-,16+. The summed E-state index contributed by atoms with van der Waals surface area (Å²) in [5.74, 6) is 0.479. The maximum atomic E-state index is 11.8. The van der Waals surface area contributed by atoms with E-state index in [1.807, 2.05) is 43.8 Å². The molecule has 0 saturated heterocycles. The van der Waals surface area contributed by atoms with Gasteiger partial charge in [-0.05, 0) is 59.2 Å². The molecule has 2 rings (SSSR count). The van der Waals surface area contributed by atoms with Gasteiger partial charge in [-0.3, -0.25) is 4.99 Å². The number of aromatic nitrogens is 3. The lowest BCUT2D eigenvalue weighted by molar-refractivity contribution is 0.0452. The summed E-state index contributed by atoms with van der Waals surface area (Å²) in [5, 5.41) is 11.3. The maximum Gasteiger partial charge on any atom is 0.407 e. The number of hydrogen-bond acceptors (Lipinski definition) is 5. The molecule has 27 heavy (non-hydrogen) atoms. The van der Waals surface area contributed by atoms with Crippen LogP contribution in [0, 0.1) is 5.92 Å². The molecule has 1 heterocycles. The Hall–Kier alpha value is -2.44. The van der Waals surface area contributed by atoms with Crippen molar-refractivity contribution in [1.29, 1.82) is 0 Å². The van der Waals surface area contributed by atoms with E-state index >= 15 is 0 Å². The Bertz CT molecular complexity index is 734. The van der Waals surface area contributed by atoms with Crippen LogP contribution in [0.2, 0.25) is 0 Å². The van der Waals surface area contributed by atoms with E-state index in [4.69, 9.17) is 4.74 Å². The minimum Gasteiger partial charge on any atom is -0.444 e. The monoisotopic (exact) mass is 373 g/mol. The first-order chi connectivity index (χ1) is 12.6. The zero-order chi connectivity index (χ0) is 20.2. The van der Waals surface area contributed by atoms with Gasteiger partial charge in [0.1, 0.15) is 11.3 Å². The number of amides is 1. The number of nitrogens with zero attached hydrogens (tertiary/aromatic N) is 4. The van der Waals surface area contributed by atoms with Gasteiger partial charge in [0.15, 0.2) is 0 Å². The molecule has 7 nitrogen and oxygen atoms in total. The largest absolute Gasteiger partial charge is 0.444 e. The molecule has 0 atom stereocenters. The van der Waals surface area contributed by atoms with E-state index in [1.54, 1.807) is 0 Å². The average Bonchev–Trinajstić information content (AvgIpc) is 2.98. The molecule has 1 amide bonds. The second-order valence-electron chi connectivity index (χ2n) is 8.33. The Labute approximate surface area is 161 Å². The average molecular weight is 374 g/mol. The van der Waals surface area contributed by atoms with Crippen molar-refractivity contribution in [3.63, 3.8) is 0 Å². The SMILES string of the molecule is C=N/C(=C\C=C(/C)C(C)C)c1cn([C@H]2C[C@@H](NC(=O)OC(C)(C)C)C2)nn1. The summed E-state index contributed by atoms with van der Waals surface area (Å²) < 4.78 is 7.11. The summed E-state index contributed by atoms with van der Waals surface area (Å²) in [5.41, 5.74) is 2.17. The number of hydrogen-bond donors (Lipinski definition) is 1. The molecule has 148 valence electrons. The van der Waals surface area contributed by atoms with Crippen molar-refractivity contribution in [1.82, 2.24) is 20.3 Å². The van der Waals surface area contributed by atoms with Crippen LogP contribution in [0.15, 0.2) is 28.9 Å². The minimum atomic E-state index is -0.489. The van der Waals surface area contributed by atoms with E-state index in [9.17, 15) is 4.79 Å². The van der Waals surface area contributed by atoms with Gasteiger partial charge in [-0.1, -0.05) is 30.7 Å². The van der Waals surface area contributed by atoms with Gasteiger partial charge < -0.3 is 10.1 Å². The highest BCUT2D eigenvalue weighted by Crippen LogP contribution is 2.32. The molecular formula is C20H31N5O2. The van der Waals surface area contributed by atoms with Crippen LogP contribution in [0.4, 0.5) is 4.79 Å². The molecule has 1 aliphatic rings. The Morgan fingerprint density at radius 1 is 1.41 bits per heavy atom. The smallest absolute Gasteiger partial charge is 0.407 e. The first kappa shape index (κ1) is 20.9. The van der Waals surface area contributed by atoms with Crippen LogP contribution in [0.5, 0.6) is 0 Å². The Morgan fingerprint density at radius 2 is 2.07 bits per heavy atom. The van der Waals surface area contributed by atoms with Gasteiger partial charge in [0.05, 0.1) is 17.9 Å². The molecule has 7 heteroatoms. The van der Waals surface area contributed by atoms with E-state index < -0.39 is 5.60 Å². The number of ether oxygens (including phenoxy) is 1. The molecular weight excluding hydrogens is 342 g/mol. The van der Waals surface area contributed by atoms with E-state index in [0.717, 1.165) is 12.8 Å². The quantitative estimate of drug-likeness (QED) is 0.600. The number of carbonyl (C=O) groups is 1. The van der Waals surface area contributed by atoms with Gasteiger partial charge in [0.25, 0.3) is 0 Å². The van der Waals surface area contributed by atoms with Crippen molar-refractivity contribution >= 4 is 18.5 Å². The first-order valence-electron chi connectivity index (χ1n) is 9.36.